The number of likely N-dealkylation sites (tertiary alicyclic amines) is 1. The molecule has 9 heteroatoms. The van der Waals surface area contributed by atoms with Crippen LogP contribution in [0.1, 0.15) is 55.8 Å². The maximum atomic E-state index is 12.9. The second kappa shape index (κ2) is 14.3. The number of nitrogens with zero attached hydrogens (tertiary/aromatic N) is 1. The van der Waals surface area contributed by atoms with Gasteiger partial charge in [0.25, 0.3) is 5.97 Å². The second-order valence-corrected chi connectivity index (χ2v) is 8.05. The Morgan fingerprint density at radius 2 is 1.39 bits per heavy atom. The highest BCUT2D eigenvalue weighted by atomic mass is 19.4. The van der Waals surface area contributed by atoms with E-state index in [4.69, 9.17) is 9.90 Å². The number of aliphatic carboxylic acids is 1. The van der Waals surface area contributed by atoms with Crippen molar-refractivity contribution in [2.45, 2.75) is 51.5 Å². The molecule has 1 aliphatic rings. The molecule has 1 unspecified atom stereocenters. The predicted octanol–water partition coefficient (Wildman–Crippen LogP) is 7.61. The molecule has 2 aromatic rings. The maximum Gasteiger partial charge on any atom is 0.416 e. The Bertz CT molecular complexity index is 1030. The SMILES string of the molecule is C=C(C)C#CC(c1cccc(C(F)(F)F)c1)N1CCCCC1.CC(=O)O.FC(F)(F)c1ccccc1. The molecule has 0 spiro atoms. The molecule has 0 aromatic heterocycles. The highest BCUT2D eigenvalue weighted by Gasteiger charge is 2.32. The molecule has 0 radical (unpaired) electrons. The van der Waals surface area contributed by atoms with E-state index in [-0.39, 0.29) is 6.04 Å². The van der Waals surface area contributed by atoms with Gasteiger partial charge in [-0.3, -0.25) is 9.69 Å². The van der Waals surface area contributed by atoms with Crippen molar-refractivity contribution in [1.82, 2.24) is 4.90 Å². The van der Waals surface area contributed by atoms with E-state index in [1.807, 2.05) is 0 Å². The first kappa shape index (κ1) is 30.8. The van der Waals surface area contributed by atoms with Gasteiger partial charge in [0.15, 0.2) is 0 Å². The lowest BCUT2D eigenvalue weighted by atomic mass is 9.99. The molecule has 1 aliphatic heterocycles. The van der Waals surface area contributed by atoms with E-state index in [2.05, 4.69) is 23.3 Å². The van der Waals surface area contributed by atoms with Gasteiger partial charge in [-0.05, 0) is 56.1 Å². The summed E-state index contributed by atoms with van der Waals surface area (Å²) in [6.07, 6.45) is -5.25. The van der Waals surface area contributed by atoms with Gasteiger partial charge >= 0.3 is 12.4 Å². The van der Waals surface area contributed by atoms with Crippen molar-refractivity contribution in [3.05, 3.63) is 83.4 Å². The summed E-state index contributed by atoms with van der Waals surface area (Å²) in [6, 6.07) is 11.6. The standard InChI is InChI=1S/C18H20F3N.C7H5F3.C2H4O2/c1-14(2)9-10-17(22-11-4-3-5-12-22)15-7-6-8-16(13-15)18(19,20)21;8-7(9,10)6-4-2-1-3-5-6;1-2(3)4/h6-8,13,17H,1,3-5,11-12H2,2H3;1-5H;1H3,(H,3,4). The van der Waals surface area contributed by atoms with Crippen molar-refractivity contribution >= 4 is 5.97 Å². The Labute approximate surface area is 207 Å². The fourth-order valence-corrected chi connectivity index (χ4v) is 3.27. The molecule has 0 saturated carbocycles. The van der Waals surface area contributed by atoms with Crippen LogP contribution in [-0.4, -0.2) is 29.1 Å². The van der Waals surface area contributed by atoms with Crippen LogP contribution in [-0.2, 0) is 17.1 Å². The number of allylic oxidation sites excluding steroid dienone is 1. The fourth-order valence-electron chi connectivity index (χ4n) is 3.27. The van der Waals surface area contributed by atoms with Crippen LogP contribution in [0.15, 0.2) is 66.7 Å². The van der Waals surface area contributed by atoms with E-state index in [9.17, 15) is 26.3 Å². The zero-order valence-electron chi connectivity index (χ0n) is 20.1. The summed E-state index contributed by atoms with van der Waals surface area (Å²) < 4.78 is 74.1. The summed E-state index contributed by atoms with van der Waals surface area (Å²) in [5.41, 5.74) is 0.0959. The molecule has 1 atom stereocenters. The summed E-state index contributed by atoms with van der Waals surface area (Å²) in [6.45, 7) is 8.37. The van der Waals surface area contributed by atoms with E-state index in [0.717, 1.165) is 51.1 Å². The minimum absolute atomic E-state index is 0.306. The Morgan fingerprint density at radius 3 is 1.83 bits per heavy atom. The number of rotatable bonds is 2. The molecule has 1 fully saturated rings. The minimum atomic E-state index is -4.33. The van der Waals surface area contributed by atoms with Crippen LogP contribution < -0.4 is 0 Å². The highest BCUT2D eigenvalue weighted by Crippen LogP contribution is 2.32. The Hall–Kier alpha value is -3.25. The van der Waals surface area contributed by atoms with Gasteiger partial charge in [-0.15, -0.1) is 0 Å². The lowest BCUT2D eigenvalue weighted by Gasteiger charge is -2.32. The van der Waals surface area contributed by atoms with Crippen LogP contribution >= 0.6 is 0 Å². The molecule has 36 heavy (non-hydrogen) atoms. The number of piperidine rings is 1. The summed E-state index contributed by atoms with van der Waals surface area (Å²) in [7, 11) is 0. The largest absolute Gasteiger partial charge is 0.481 e. The normalized spacial score (nSPS) is 14.6. The number of carbonyl (C=O) groups is 1. The van der Waals surface area contributed by atoms with E-state index in [1.165, 1.54) is 30.7 Å². The van der Waals surface area contributed by atoms with Gasteiger partial charge < -0.3 is 5.11 Å². The molecule has 3 rings (SSSR count). The molecular formula is C27H29F6NO2. The molecule has 1 heterocycles. The number of carboxylic acids is 1. The van der Waals surface area contributed by atoms with Crippen LogP contribution in [0.2, 0.25) is 0 Å². The monoisotopic (exact) mass is 513 g/mol. The van der Waals surface area contributed by atoms with Gasteiger partial charge in [0.05, 0.1) is 17.2 Å². The third-order valence-electron chi connectivity index (χ3n) is 4.81. The van der Waals surface area contributed by atoms with Crippen molar-refractivity contribution in [3.63, 3.8) is 0 Å². The van der Waals surface area contributed by atoms with Gasteiger partial charge in [0, 0.05) is 6.92 Å². The molecule has 0 amide bonds. The summed E-state index contributed by atoms with van der Waals surface area (Å²) in [5.74, 6) is 5.19. The highest BCUT2D eigenvalue weighted by molar-refractivity contribution is 5.62. The number of carboxylic acid groups (broad SMARTS) is 1. The zero-order chi connectivity index (χ0) is 27.4. The molecule has 0 aliphatic carbocycles. The quantitative estimate of drug-likeness (QED) is 0.332. The smallest absolute Gasteiger partial charge is 0.416 e. The molecule has 0 bridgehead atoms. The average molecular weight is 514 g/mol. The third kappa shape index (κ3) is 11.9. The van der Waals surface area contributed by atoms with Gasteiger partial charge in [-0.1, -0.05) is 67.3 Å². The summed E-state index contributed by atoms with van der Waals surface area (Å²) in [4.78, 5) is 11.2. The topological polar surface area (TPSA) is 40.5 Å². The molecule has 1 saturated heterocycles. The van der Waals surface area contributed by atoms with Gasteiger partial charge in [-0.2, -0.15) is 26.3 Å². The van der Waals surface area contributed by atoms with Gasteiger partial charge in [0.1, 0.15) is 0 Å². The van der Waals surface area contributed by atoms with Crippen molar-refractivity contribution in [3.8, 4) is 11.8 Å². The second-order valence-electron chi connectivity index (χ2n) is 8.05. The van der Waals surface area contributed by atoms with Crippen LogP contribution in [0.4, 0.5) is 26.3 Å². The van der Waals surface area contributed by atoms with E-state index in [0.29, 0.717) is 11.1 Å². The first-order valence-corrected chi connectivity index (χ1v) is 11.1. The lowest BCUT2D eigenvalue weighted by Crippen LogP contribution is -2.33. The van der Waals surface area contributed by atoms with Crippen LogP contribution in [0.3, 0.4) is 0 Å². The molecule has 3 nitrogen and oxygen atoms in total. The Balaban J connectivity index is 0.000000382. The number of halogens is 6. The van der Waals surface area contributed by atoms with Gasteiger partial charge in [0.2, 0.25) is 0 Å². The predicted molar refractivity (Wildman–Crippen MR) is 127 cm³/mol. The van der Waals surface area contributed by atoms with Crippen molar-refractivity contribution < 1.29 is 36.2 Å². The van der Waals surface area contributed by atoms with E-state index >= 15 is 0 Å². The minimum Gasteiger partial charge on any atom is -0.481 e. The first-order valence-electron chi connectivity index (χ1n) is 11.1. The van der Waals surface area contributed by atoms with Crippen LogP contribution in [0.5, 0.6) is 0 Å². The number of alkyl halides is 6. The summed E-state index contributed by atoms with van der Waals surface area (Å²) in [5, 5.41) is 7.42. The number of hydrogen-bond donors (Lipinski definition) is 1. The van der Waals surface area contributed by atoms with Gasteiger partial charge in [-0.25, -0.2) is 0 Å². The molecule has 2 aromatic carbocycles. The first-order chi connectivity index (χ1) is 16.7. The Morgan fingerprint density at radius 1 is 0.889 bits per heavy atom. The van der Waals surface area contributed by atoms with E-state index in [1.54, 1.807) is 19.1 Å². The average Bonchev–Trinajstić information content (AvgIpc) is 2.79. The zero-order valence-corrected chi connectivity index (χ0v) is 20.1. The van der Waals surface area contributed by atoms with Crippen molar-refractivity contribution in [1.29, 1.82) is 0 Å². The molecular weight excluding hydrogens is 484 g/mol. The van der Waals surface area contributed by atoms with Crippen molar-refractivity contribution in [2.24, 2.45) is 0 Å². The van der Waals surface area contributed by atoms with Crippen LogP contribution in [0, 0.1) is 11.8 Å². The lowest BCUT2D eigenvalue weighted by molar-refractivity contribution is -0.138. The summed E-state index contributed by atoms with van der Waals surface area (Å²) >= 11 is 0. The third-order valence-corrected chi connectivity index (χ3v) is 4.81. The Kier molecular flexibility index (Phi) is 12.3. The molecule has 196 valence electrons. The number of benzene rings is 2. The van der Waals surface area contributed by atoms with Crippen molar-refractivity contribution in [2.75, 3.05) is 13.1 Å². The molecule has 1 N–H and O–H groups in total. The van der Waals surface area contributed by atoms with Crippen LogP contribution in [0.25, 0.3) is 0 Å². The van der Waals surface area contributed by atoms with E-state index < -0.39 is 29.4 Å². The number of hydrogen-bond acceptors (Lipinski definition) is 2. The maximum absolute atomic E-state index is 12.9. The fraction of sp³-hybridized carbons (Fsp3) is 0.370.